The standard InChI is InChI=1S/C15H23ClN2OS/c1-4-18(9-12-5-6-13(16)20-12)14(19)15(11(2)3)7-8-17-10-15/h5-6,11,17H,4,7-10H2,1-3H3. The summed E-state index contributed by atoms with van der Waals surface area (Å²) in [6.45, 7) is 9.49. The van der Waals surface area contributed by atoms with Crippen molar-refractivity contribution in [3.63, 3.8) is 0 Å². The minimum absolute atomic E-state index is 0.239. The molecule has 112 valence electrons. The van der Waals surface area contributed by atoms with Crippen LogP contribution in [0.15, 0.2) is 12.1 Å². The lowest BCUT2D eigenvalue weighted by molar-refractivity contribution is -0.144. The Hall–Kier alpha value is -0.580. The van der Waals surface area contributed by atoms with E-state index in [1.165, 1.54) is 0 Å². The Bertz CT molecular complexity index is 466. The zero-order valence-electron chi connectivity index (χ0n) is 12.4. The summed E-state index contributed by atoms with van der Waals surface area (Å²) in [7, 11) is 0. The number of carbonyl (C=O) groups is 1. The van der Waals surface area contributed by atoms with E-state index >= 15 is 0 Å². The summed E-state index contributed by atoms with van der Waals surface area (Å²) in [5.74, 6) is 0.635. The van der Waals surface area contributed by atoms with E-state index < -0.39 is 0 Å². The van der Waals surface area contributed by atoms with Crippen molar-refractivity contribution in [3.05, 3.63) is 21.3 Å². The molecule has 1 saturated heterocycles. The molecule has 1 aliphatic heterocycles. The monoisotopic (exact) mass is 314 g/mol. The average molecular weight is 315 g/mol. The molecule has 1 N–H and O–H groups in total. The zero-order valence-corrected chi connectivity index (χ0v) is 14.0. The Kier molecular flexibility index (Phi) is 5.10. The van der Waals surface area contributed by atoms with Gasteiger partial charge in [-0.15, -0.1) is 11.3 Å². The van der Waals surface area contributed by atoms with Crippen LogP contribution in [0.4, 0.5) is 0 Å². The zero-order chi connectivity index (χ0) is 14.8. The van der Waals surface area contributed by atoms with Gasteiger partial charge in [0.1, 0.15) is 0 Å². The predicted octanol–water partition coefficient (Wildman–Crippen LogP) is 3.39. The van der Waals surface area contributed by atoms with E-state index in [0.29, 0.717) is 12.5 Å². The van der Waals surface area contributed by atoms with E-state index in [4.69, 9.17) is 11.6 Å². The fraction of sp³-hybridized carbons (Fsp3) is 0.667. The highest BCUT2D eigenvalue weighted by molar-refractivity contribution is 7.16. The van der Waals surface area contributed by atoms with E-state index in [9.17, 15) is 4.79 Å². The summed E-state index contributed by atoms with van der Waals surface area (Å²) >= 11 is 7.53. The van der Waals surface area contributed by atoms with Crippen LogP contribution in [0.1, 0.15) is 32.1 Å². The molecule has 2 rings (SSSR count). The molecule has 1 atom stereocenters. The maximum absolute atomic E-state index is 13.0. The molecule has 5 heteroatoms. The lowest BCUT2D eigenvalue weighted by Gasteiger charge is -2.36. The van der Waals surface area contributed by atoms with Crippen LogP contribution in [0.2, 0.25) is 4.34 Å². The van der Waals surface area contributed by atoms with Crippen molar-refractivity contribution in [1.82, 2.24) is 10.2 Å². The maximum atomic E-state index is 13.0. The van der Waals surface area contributed by atoms with Gasteiger partial charge in [-0.3, -0.25) is 4.79 Å². The molecule has 0 spiro atoms. The van der Waals surface area contributed by atoms with Crippen LogP contribution in [0.25, 0.3) is 0 Å². The number of nitrogens with zero attached hydrogens (tertiary/aromatic N) is 1. The molecule has 20 heavy (non-hydrogen) atoms. The van der Waals surface area contributed by atoms with Crippen molar-refractivity contribution in [2.75, 3.05) is 19.6 Å². The van der Waals surface area contributed by atoms with Gasteiger partial charge in [-0.2, -0.15) is 0 Å². The first-order valence-corrected chi connectivity index (χ1v) is 8.43. The molecule has 0 aliphatic carbocycles. The third kappa shape index (κ3) is 3.02. The van der Waals surface area contributed by atoms with Crippen molar-refractivity contribution in [3.8, 4) is 0 Å². The van der Waals surface area contributed by atoms with E-state index in [1.54, 1.807) is 11.3 Å². The molecule has 0 radical (unpaired) electrons. The molecule has 1 fully saturated rings. The molecular formula is C15H23ClN2OS. The number of amides is 1. The van der Waals surface area contributed by atoms with Gasteiger partial charge in [0, 0.05) is 18.0 Å². The van der Waals surface area contributed by atoms with Crippen LogP contribution >= 0.6 is 22.9 Å². The number of nitrogens with one attached hydrogen (secondary N) is 1. The molecular weight excluding hydrogens is 292 g/mol. The fourth-order valence-electron chi connectivity index (χ4n) is 2.90. The molecule has 2 heterocycles. The van der Waals surface area contributed by atoms with Crippen LogP contribution in [0.3, 0.4) is 0 Å². The fourth-order valence-corrected chi connectivity index (χ4v) is 4.00. The molecule has 0 saturated carbocycles. The smallest absolute Gasteiger partial charge is 0.230 e. The number of hydrogen-bond donors (Lipinski definition) is 1. The third-order valence-electron chi connectivity index (χ3n) is 4.36. The molecule has 3 nitrogen and oxygen atoms in total. The lowest BCUT2D eigenvalue weighted by Crippen LogP contribution is -2.47. The van der Waals surface area contributed by atoms with E-state index in [0.717, 1.165) is 35.3 Å². The second-order valence-electron chi connectivity index (χ2n) is 5.76. The van der Waals surface area contributed by atoms with Gasteiger partial charge in [0.05, 0.1) is 16.3 Å². The van der Waals surface area contributed by atoms with Crippen LogP contribution in [0, 0.1) is 11.3 Å². The average Bonchev–Trinajstić information content (AvgIpc) is 3.04. The van der Waals surface area contributed by atoms with Crippen LogP contribution < -0.4 is 5.32 Å². The quantitative estimate of drug-likeness (QED) is 0.903. The van der Waals surface area contributed by atoms with Gasteiger partial charge in [0.25, 0.3) is 0 Å². The van der Waals surface area contributed by atoms with Crippen LogP contribution in [-0.4, -0.2) is 30.4 Å². The minimum atomic E-state index is -0.239. The van der Waals surface area contributed by atoms with Gasteiger partial charge in [-0.05, 0) is 37.9 Å². The summed E-state index contributed by atoms with van der Waals surface area (Å²) < 4.78 is 0.782. The van der Waals surface area contributed by atoms with Crippen molar-refractivity contribution >= 4 is 28.8 Å². The topological polar surface area (TPSA) is 32.3 Å². The Morgan fingerprint density at radius 2 is 2.30 bits per heavy atom. The van der Waals surface area contributed by atoms with Gasteiger partial charge in [0.2, 0.25) is 5.91 Å². The SMILES string of the molecule is CCN(Cc1ccc(Cl)s1)C(=O)C1(C(C)C)CCNC1. The molecule has 0 aromatic carbocycles. The number of hydrogen-bond acceptors (Lipinski definition) is 3. The lowest BCUT2D eigenvalue weighted by atomic mass is 9.75. The number of halogens is 1. The number of carbonyl (C=O) groups excluding carboxylic acids is 1. The number of rotatable bonds is 5. The van der Waals surface area contributed by atoms with E-state index in [2.05, 4.69) is 19.2 Å². The van der Waals surface area contributed by atoms with E-state index in [-0.39, 0.29) is 11.3 Å². The highest BCUT2D eigenvalue weighted by Crippen LogP contribution is 2.37. The molecule has 1 aromatic heterocycles. The van der Waals surface area contributed by atoms with Gasteiger partial charge >= 0.3 is 0 Å². The van der Waals surface area contributed by atoms with Crippen LogP contribution in [0.5, 0.6) is 0 Å². The van der Waals surface area contributed by atoms with Crippen molar-refractivity contribution in [2.45, 2.75) is 33.7 Å². The molecule has 1 aliphatic rings. The first kappa shape index (κ1) is 15.8. The first-order chi connectivity index (χ1) is 9.49. The van der Waals surface area contributed by atoms with Crippen molar-refractivity contribution < 1.29 is 4.79 Å². The molecule has 0 bridgehead atoms. The summed E-state index contributed by atoms with van der Waals surface area (Å²) in [4.78, 5) is 16.1. The number of thiophene rings is 1. The Balaban J connectivity index is 2.15. The second kappa shape index (κ2) is 6.46. The van der Waals surface area contributed by atoms with Crippen molar-refractivity contribution in [1.29, 1.82) is 0 Å². The summed E-state index contributed by atoms with van der Waals surface area (Å²) in [5, 5.41) is 3.36. The highest BCUT2D eigenvalue weighted by atomic mass is 35.5. The highest BCUT2D eigenvalue weighted by Gasteiger charge is 2.45. The van der Waals surface area contributed by atoms with E-state index in [1.807, 2.05) is 24.0 Å². The third-order valence-corrected chi connectivity index (χ3v) is 5.58. The second-order valence-corrected chi connectivity index (χ2v) is 7.56. The Morgan fingerprint density at radius 1 is 1.55 bits per heavy atom. The molecule has 1 aromatic rings. The maximum Gasteiger partial charge on any atom is 0.230 e. The van der Waals surface area contributed by atoms with Gasteiger partial charge in [-0.25, -0.2) is 0 Å². The molecule has 1 amide bonds. The first-order valence-electron chi connectivity index (χ1n) is 7.24. The van der Waals surface area contributed by atoms with Gasteiger partial charge in [-0.1, -0.05) is 25.4 Å². The van der Waals surface area contributed by atoms with Gasteiger partial charge in [0.15, 0.2) is 0 Å². The van der Waals surface area contributed by atoms with Crippen molar-refractivity contribution in [2.24, 2.45) is 11.3 Å². The van der Waals surface area contributed by atoms with Crippen LogP contribution in [-0.2, 0) is 11.3 Å². The largest absolute Gasteiger partial charge is 0.337 e. The predicted molar refractivity (Wildman–Crippen MR) is 85.2 cm³/mol. The summed E-state index contributed by atoms with van der Waals surface area (Å²) in [6.07, 6.45) is 0.936. The van der Waals surface area contributed by atoms with Gasteiger partial charge < -0.3 is 10.2 Å². The Morgan fingerprint density at radius 3 is 2.75 bits per heavy atom. The summed E-state index contributed by atoms with van der Waals surface area (Å²) in [6, 6.07) is 3.91. The molecule has 1 unspecified atom stereocenters. The normalized spacial score (nSPS) is 22.4. The Labute approximate surface area is 130 Å². The summed E-state index contributed by atoms with van der Waals surface area (Å²) in [5.41, 5.74) is -0.239. The minimum Gasteiger partial charge on any atom is -0.337 e.